The van der Waals surface area contributed by atoms with Gasteiger partial charge >= 0.3 is 0 Å². The number of aldehydes is 1. The Morgan fingerprint density at radius 1 is 1.44 bits per heavy atom. The average molecular weight is 267 g/mol. The van der Waals surface area contributed by atoms with Gasteiger partial charge in [-0.25, -0.2) is 4.39 Å². The minimum Gasteiger partial charge on any atom is -0.298 e. The Hall–Kier alpha value is -1.68. The van der Waals surface area contributed by atoms with Crippen LogP contribution in [0, 0.1) is 12.7 Å². The second-order valence-electron chi connectivity index (χ2n) is 4.03. The van der Waals surface area contributed by atoms with Gasteiger partial charge in [0.05, 0.1) is 11.3 Å². The van der Waals surface area contributed by atoms with Crippen LogP contribution in [0.15, 0.2) is 18.2 Å². The van der Waals surface area contributed by atoms with Gasteiger partial charge in [0.15, 0.2) is 6.29 Å². The van der Waals surface area contributed by atoms with Gasteiger partial charge in [0.1, 0.15) is 5.82 Å². The Labute approximate surface area is 109 Å². The highest BCUT2D eigenvalue weighted by molar-refractivity contribution is 6.31. The van der Waals surface area contributed by atoms with Crippen molar-refractivity contribution in [3.05, 3.63) is 51.6 Å². The summed E-state index contributed by atoms with van der Waals surface area (Å²) in [5.41, 5.74) is 2.36. The lowest BCUT2D eigenvalue weighted by Gasteiger charge is -2.04. The molecule has 1 aromatic heterocycles. The molecule has 0 aliphatic heterocycles. The van der Waals surface area contributed by atoms with Crippen molar-refractivity contribution in [3.63, 3.8) is 0 Å². The van der Waals surface area contributed by atoms with Gasteiger partial charge in [0, 0.05) is 16.3 Å². The first kappa shape index (κ1) is 12.8. The molecule has 1 aromatic carbocycles. The van der Waals surface area contributed by atoms with Gasteiger partial charge in [0.25, 0.3) is 0 Å². The molecule has 0 saturated carbocycles. The average Bonchev–Trinajstić information content (AvgIpc) is 2.69. The van der Waals surface area contributed by atoms with E-state index in [2.05, 4.69) is 10.2 Å². The SMILES string of the molecule is Cc1[nH]nc(CCc2c(F)cccc2Cl)c1C=O. The van der Waals surface area contributed by atoms with E-state index in [1.54, 1.807) is 19.1 Å². The summed E-state index contributed by atoms with van der Waals surface area (Å²) in [6.45, 7) is 1.77. The highest BCUT2D eigenvalue weighted by Gasteiger charge is 2.12. The molecule has 18 heavy (non-hydrogen) atoms. The molecule has 0 aliphatic rings. The summed E-state index contributed by atoms with van der Waals surface area (Å²) in [6, 6.07) is 4.59. The number of H-pyrrole nitrogens is 1. The molecule has 3 nitrogen and oxygen atoms in total. The molecule has 0 atom stereocenters. The number of hydrogen-bond acceptors (Lipinski definition) is 2. The minimum absolute atomic E-state index is 0.331. The number of rotatable bonds is 4. The van der Waals surface area contributed by atoms with Gasteiger partial charge in [-0.2, -0.15) is 5.10 Å². The largest absolute Gasteiger partial charge is 0.298 e. The number of nitrogens with zero attached hydrogens (tertiary/aromatic N) is 1. The normalized spacial score (nSPS) is 10.6. The number of aromatic nitrogens is 2. The van der Waals surface area contributed by atoms with E-state index in [-0.39, 0.29) is 5.82 Å². The van der Waals surface area contributed by atoms with Crippen molar-refractivity contribution in [2.45, 2.75) is 19.8 Å². The van der Waals surface area contributed by atoms with Gasteiger partial charge in [-0.05, 0) is 31.9 Å². The molecule has 2 rings (SSSR count). The molecule has 0 radical (unpaired) electrons. The topological polar surface area (TPSA) is 45.8 Å². The molecule has 1 N–H and O–H groups in total. The first-order valence-corrected chi connectivity index (χ1v) is 5.93. The highest BCUT2D eigenvalue weighted by Crippen LogP contribution is 2.21. The molecule has 0 spiro atoms. The number of carbonyl (C=O) groups is 1. The predicted octanol–water partition coefficient (Wildman–Crippen LogP) is 3.11. The summed E-state index contributed by atoms with van der Waals surface area (Å²) < 4.78 is 13.6. The summed E-state index contributed by atoms with van der Waals surface area (Å²) in [4.78, 5) is 10.9. The van der Waals surface area contributed by atoms with E-state index in [9.17, 15) is 9.18 Å². The van der Waals surface area contributed by atoms with Gasteiger partial charge < -0.3 is 0 Å². The molecule has 0 amide bonds. The molecule has 0 bridgehead atoms. The number of benzene rings is 1. The first-order chi connectivity index (χ1) is 8.63. The maximum Gasteiger partial charge on any atom is 0.153 e. The lowest BCUT2D eigenvalue weighted by Crippen LogP contribution is -1.99. The third-order valence-electron chi connectivity index (χ3n) is 2.86. The molecule has 1 heterocycles. The second-order valence-corrected chi connectivity index (χ2v) is 4.43. The van der Waals surface area contributed by atoms with Crippen molar-refractivity contribution in [1.29, 1.82) is 0 Å². The van der Waals surface area contributed by atoms with Crippen LogP contribution in [0.3, 0.4) is 0 Å². The fourth-order valence-electron chi connectivity index (χ4n) is 1.85. The summed E-state index contributed by atoms with van der Waals surface area (Å²) in [5.74, 6) is -0.331. The van der Waals surface area contributed by atoms with E-state index in [1.807, 2.05) is 0 Å². The molecular weight excluding hydrogens is 255 g/mol. The zero-order valence-electron chi connectivity index (χ0n) is 9.84. The lowest BCUT2D eigenvalue weighted by molar-refractivity contribution is 0.112. The molecular formula is C13H12ClFN2O. The van der Waals surface area contributed by atoms with Crippen molar-refractivity contribution in [2.75, 3.05) is 0 Å². The van der Waals surface area contributed by atoms with Crippen LogP contribution in [-0.2, 0) is 12.8 Å². The maximum absolute atomic E-state index is 13.6. The van der Waals surface area contributed by atoms with Crippen molar-refractivity contribution < 1.29 is 9.18 Å². The second kappa shape index (κ2) is 5.31. The van der Waals surface area contributed by atoms with Crippen LogP contribution in [0.2, 0.25) is 5.02 Å². The van der Waals surface area contributed by atoms with Gasteiger partial charge in [-0.15, -0.1) is 0 Å². The third-order valence-corrected chi connectivity index (χ3v) is 3.22. The Bertz CT molecular complexity index is 560. The van der Waals surface area contributed by atoms with Crippen molar-refractivity contribution in [2.24, 2.45) is 0 Å². The molecule has 0 unspecified atom stereocenters. The Balaban J connectivity index is 2.19. The number of aromatic amines is 1. The standard InChI is InChI=1S/C13H12ClFN2O/c1-8-10(7-18)13(17-16-8)6-5-9-11(14)3-2-4-12(9)15/h2-4,7H,5-6H2,1H3,(H,16,17). The Morgan fingerprint density at radius 2 is 2.22 bits per heavy atom. The minimum atomic E-state index is -0.331. The maximum atomic E-state index is 13.6. The Morgan fingerprint density at radius 3 is 2.89 bits per heavy atom. The predicted molar refractivity (Wildman–Crippen MR) is 67.5 cm³/mol. The molecule has 94 valence electrons. The van der Waals surface area contributed by atoms with Gasteiger partial charge in [-0.1, -0.05) is 17.7 Å². The summed E-state index contributed by atoms with van der Waals surface area (Å²) in [7, 11) is 0. The zero-order chi connectivity index (χ0) is 13.1. The number of halogens is 2. The fourth-order valence-corrected chi connectivity index (χ4v) is 2.11. The molecule has 0 saturated heterocycles. The fraction of sp³-hybridized carbons (Fsp3) is 0.231. The number of aryl methyl sites for hydroxylation is 2. The molecule has 0 aliphatic carbocycles. The van der Waals surface area contributed by atoms with Crippen LogP contribution in [0.5, 0.6) is 0 Å². The molecule has 5 heteroatoms. The van der Waals surface area contributed by atoms with Crippen LogP contribution in [0.25, 0.3) is 0 Å². The van der Waals surface area contributed by atoms with Crippen molar-refractivity contribution >= 4 is 17.9 Å². The summed E-state index contributed by atoms with van der Waals surface area (Å²) >= 11 is 5.94. The van der Waals surface area contributed by atoms with Crippen LogP contribution in [0.1, 0.15) is 27.3 Å². The van der Waals surface area contributed by atoms with E-state index in [0.717, 1.165) is 12.0 Å². The molecule has 2 aromatic rings. The van der Waals surface area contributed by atoms with E-state index < -0.39 is 0 Å². The van der Waals surface area contributed by atoms with Crippen LogP contribution < -0.4 is 0 Å². The van der Waals surface area contributed by atoms with Crippen molar-refractivity contribution in [1.82, 2.24) is 10.2 Å². The van der Waals surface area contributed by atoms with E-state index in [1.165, 1.54) is 6.07 Å². The van der Waals surface area contributed by atoms with Crippen LogP contribution >= 0.6 is 11.6 Å². The van der Waals surface area contributed by atoms with Gasteiger partial charge in [0.2, 0.25) is 0 Å². The van der Waals surface area contributed by atoms with Crippen LogP contribution in [-0.4, -0.2) is 16.5 Å². The van der Waals surface area contributed by atoms with Crippen molar-refractivity contribution in [3.8, 4) is 0 Å². The highest BCUT2D eigenvalue weighted by atomic mass is 35.5. The quantitative estimate of drug-likeness (QED) is 0.865. The molecule has 0 fully saturated rings. The van der Waals surface area contributed by atoms with Gasteiger partial charge in [-0.3, -0.25) is 9.89 Å². The monoisotopic (exact) mass is 266 g/mol. The van der Waals surface area contributed by atoms with Crippen LogP contribution in [0.4, 0.5) is 4.39 Å². The number of carbonyl (C=O) groups excluding carboxylic acids is 1. The third kappa shape index (κ3) is 2.43. The smallest absolute Gasteiger partial charge is 0.153 e. The van der Waals surface area contributed by atoms with E-state index >= 15 is 0 Å². The lowest BCUT2D eigenvalue weighted by atomic mass is 10.0. The number of hydrogen-bond donors (Lipinski definition) is 1. The first-order valence-electron chi connectivity index (χ1n) is 5.55. The number of nitrogens with one attached hydrogen (secondary N) is 1. The van der Waals surface area contributed by atoms with E-state index in [0.29, 0.717) is 34.7 Å². The van der Waals surface area contributed by atoms with E-state index in [4.69, 9.17) is 11.6 Å². The zero-order valence-corrected chi connectivity index (χ0v) is 10.6. The Kier molecular flexibility index (Phi) is 3.77. The summed E-state index contributed by atoms with van der Waals surface area (Å²) in [5, 5.41) is 7.18. The summed E-state index contributed by atoms with van der Waals surface area (Å²) in [6.07, 6.45) is 1.65.